The summed E-state index contributed by atoms with van der Waals surface area (Å²) in [5.41, 5.74) is -0.447. The lowest BCUT2D eigenvalue weighted by Crippen LogP contribution is -2.50. The van der Waals surface area contributed by atoms with E-state index in [4.69, 9.17) is 14.2 Å². The van der Waals surface area contributed by atoms with Gasteiger partial charge in [0.2, 0.25) is 5.78 Å². The lowest BCUT2D eigenvalue weighted by Gasteiger charge is -2.34. The van der Waals surface area contributed by atoms with E-state index in [1.165, 1.54) is 26.2 Å². The lowest BCUT2D eigenvalue weighted by molar-refractivity contribution is -0.233. The molecular weight excluding hydrogens is 408 g/mol. The van der Waals surface area contributed by atoms with Gasteiger partial charge in [-0.25, -0.2) is 0 Å². The zero-order valence-electron chi connectivity index (χ0n) is 20.9. The molecule has 184 valence electrons. The summed E-state index contributed by atoms with van der Waals surface area (Å²) in [4.78, 5) is 36.7. The van der Waals surface area contributed by atoms with E-state index in [9.17, 15) is 14.4 Å². The average molecular weight is 453 g/mol. The first kappa shape index (κ1) is 28.3. The molecule has 6 nitrogen and oxygen atoms in total. The first-order chi connectivity index (χ1) is 15.1. The molecule has 0 aromatic rings. The van der Waals surface area contributed by atoms with Gasteiger partial charge in [-0.05, 0) is 45.4 Å². The smallest absolute Gasteiger partial charge is 0.312 e. The van der Waals surface area contributed by atoms with Crippen molar-refractivity contribution in [3.05, 3.63) is 12.7 Å². The summed E-state index contributed by atoms with van der Waals surface area (Å²) in [6.45, 7) is 13.8. The molecule has 0 bridgehead atoms. The van der Waals surface area contributed by atoms with Gasteiger partial charge in [-0.15, -0.1) is 6.58 Å². The highest BCUT2D eigenvalue weighted by molar-refractivity contribution is 5.94. The highest BCUT2D eigenvalue weighted by Gasteiger charge is 2.46. The van der Waals surface area contributed by atoms with Crippen LogP contribution in [-0.2, 0) is 28.6 Å². The zero-order chi connectivity index (χ0) is 24.2. The Morgan fingerprint density at radius 3 is 2.59 bits per heavy atom. The molecule has 0 amide bonds. The Labute approximate surface area is 194 Å². The van der Waals surface area contributed by atoms with Crippen molar-refractivity contribution in [3.63, 3.8) is 0 Å². The highest BCUT2D eigenvalue weighted by Crippen LogP contribution is 2.30. The SMILES string of the molecule is C=CCC1CC(=O)C(C)(OCCCCCC(=O)OC(C)(C)CC(CC)CCCC)OC1=O. The minimum atomic E-state index is -1.51. The second kappa shape index (κ2) is 13.8. The van der Waals surface area contributed by atoms with Gasteiger partial charge in [0.25, 0.3) is 5.79 Å². The summed E-state index contributed by atoms with van der Waals surface area (Å²) in [7, 11) is 0. The van der Waals surface area contributed by atoms with Crippen molar-refractivity contribution in [2.75, 3.05) is 6.61 Å². The topological polar surface area (TPSA) is 78.9 Å². The monoisotopic (exact) mass is 452 g/mol. The average Bonchev–Trinajstić information content (AvgIpc) is 2.71. The fourth-order valence-corrected chi connectivity index (χ4v) is 4.17. The molecule has 0 aromatic heterocycles. The summed E-state index contributed by atoms with van der Waals surface area (Å²) in [5, 5.41) is 0. The molecule has 0 aromatic carbocycles. The fraction of sp³-hybridized carbons (Fsp3) is 0.808. The Hall–Kier alpha value is -1.69. The predicted octanol–water partition coefficient (Wildman–Crippen LogP) is 5.92. The molecule has 3 unspecified atom stereocenters. The van der Waals surface area contributed by atoms with E-state index in [1.807, 2.05) is 13.8 Å². The maximum atomic E-state index is 12.3. The highest BCUT2D eigenvalue weighted by atomic mass is 16.7. The third-order valence-electron chi connectivity index (χ3n) is 6.13. The first-order valence-electron chi connectivity index (χ1n) is 12.3. The number of esters is 2. The van der Waals surface area contributed by atoms with E-state index in [0.29, 0.717) is 31.6 Å². The second-order valence-electron chi connectivity index (χ2n) is 9.73. The number of cyclic esters (lactones) is 1. The van der Waals surface area contributed by atoms with Gasteiger partial charge in [0.1, 0.15) is 5.60 Å². The van der Waals surface area contributed by atoms with E-state index in [2.05, 4.69) is 20.4 Å². The van der Waals surface area contributed by atoms with Crippen LogP contribution in [0.3, 0.4) is 0 Å². The largest absolute Gasteiger partial charge is 0.460 e. The fourth-order valence-electron chi connectivity index (χ4n) is 4.17. The summed E-state index contributed by atoms with van der Waals surface area (Å²) < 4.78 is 16.6. The number of ketones is 1. The van der Waals surface area contributed by atoms with Crippen molar-refractivity contribution in [1.29, 1.82) is 0 Å². The molecule has 1 heterocycles. The van der Waals surface area contributed by atoms with Crippen molar-refractivity contribution in [3.8, 4) is 0 Å². The minimum Gasteiger partial charge on any atom is -0.460 e. The maximum absolute atomic E-state index is 12.3. The molecule has 32 heavy (non-hydrogen) atoms. The van der Waals surface area contributed by atoms with Crippen LogP contribution in [0.4, 0.5) is 0 Å². The van der Waals surface area contributed by atoms with Crippen LogP contribution < -0.4 is 0 Å². The van der Waals surface area contributed by atoms with Gasteiger partial charge in [-0.2, -0.15) is 0 Å². The normalized spacial score (nSPS) is 22.3. The molecule has 6 heteroatoms. The van der Waals surface area contributed by atoms with Crippen LogP contribution in [0.5, 0.6) is 0 Å². The molecule has 0 saturated carbocycles. The van der Waals surface area contributed by atoms with Gasteiger partial charge in [-0.1, -0.05) is 52.0 Å². The van der Waals surface area contributed by atoms with E-state index in [0.717, 1.165) is 19.3 Å². The van der Waals surface area contributed by atoms with Crippen LogP contribution in [0, 0.1) is 11.8 Å². The summed E-state index contributed by atoms with van der Waals surface area (Å²) in [6.07, 6.45) is 10.2. The van der Waals surface area contributed by atoms with Crippen molar-refractivity contribution in [2.24, 2.45) is 11.8 Å². The predicted molar refractivity (Wildman–Crippen MR) is 125 cm³/mol. The molecule has 1 saturated heterocycles. The standard InChI is InChI=1S/C26H44O6/c1-7-10-15-20(9-3)19-25(4,5)31-23(28)16-12-11-13-17-30-26(6)22(27)18-21(14-8-2)24(29)32-26/h8,20-21H,2,7,9-19H2,1,3-6H3. The van der Waals surface area contributed by atoms with E-state index >= 15 is 0 Å². The molecule has 1 fully saturated rings. The molecule has 1 rings (SSSR count). The Balaban J connectivity index is 2.28. The van der Waals surface area contributed by atoms with E-state index in [-0.39, 0.29) is 24.8 Å². The van der Waals surface area contributed by atoms with Crippen LogP contribution in [0.1, 0.15) is 105 Å². The third kappa shape index (κ3) is 9.85. The van der Waals surface area contributed by atoms with Gasteiger partial charge < -0.3 is 14.2 Å². The van der Waals surface area contributed by atoms with Gasteiger partial charge in [0.15, 0.2) is 0 Å². The van der Waals surface area contributed by atoms with Gasteiger partial charge in [0, 0.05) is 19.8 Å². The Bertz CT molecular complexity index is 626. The summed E-state index contributed by atoms with van der Waals surface area (Å²) in [6, 6.07) is 0. The number of unbranched alkanes of at least 4 members (excludes halogenated alkanes) is 3. The van der Waals surface area contributed by atoms with Crippen molar-refractivity contribution in [2.45, 2.75) is 117 Å². The molecule has 0 spiro atoms. The number of rotatable bonds is 16. The van der Waals surface area contributed by atoms with Crippen molar-refractivity contribution in [1.82, 2.24) is 0 Å². The number of hydrogen-bond donors (Lipinski definition) is 0. The Kier molecular flexibility index (Phi) is 12.2. The molecule has 0 radical (unpaired) electrons. The first-order valence-corrected chi connectivity index (χ1v) is 12.3. The quantitative estimate of drug-likeness (QED) is 0.164. The van der Waals surface area contributed by atoms with E-state index in [1.54, 1.807) is 6.08 Å². The van der Waals surface area contributed by atoms with Gasteiger partial charge in [0.05, 0.1) is 12.5 Å². The van der Waals surface area contributed by atoms with Crippen LogP contribution in [-0.4, -0.2) is 35.7 Å². The number of carbonyl (C=O) groups excluding carboxylic acids is 3. The van der Waals surface area contributed by atoms with Gasteiger partial charge >= 0.3 is 11.9 Å². The van der Waals surface area contributed by atoms with Crippen molar-refractivity contribution >= 4 is 17.7 Å². The number of ether oxygens (including phenoxy) is 3. The number of hydrogen-bond acceptors (Lipinski definition) is 6. The Morgan fingerprint density at radius 2 is 1.97 bits per heavy atom. The van der Waals surface area contributed by atoms with Crippen LogP contribution in [0.25, 0.3) is 0 Å². The van der Waals surface area contributed by atoms with Crippen molar-refractivity contribution < 1.29 is 28.6 Å². The molecule has 0 aliphatic carbocycles. The van der Waals surface area contributed by atoms with Crippen LogP contribution >= 0.6 is 0 Å². The van der Waals surface area contributed by atoms with E-state index < -0.39 is 23.3 Å². The summed E-state index contributed by atoms with van der Waals surface area (Å²) >= 11 is 0. The molecule has 3 atom stereocenters. The number of carbonyl (C=O) groups is 3. The summed E-state index contributed by atoms with van der Waals surface area (Å²) in [5.74, 6) is -2.20. The molecule has 1 aliphatic heterocycles. The zero-order valence-corrected chi connectivity index (χ0v) is 20.9. The third-order valence-corrected chi connectivity index (χ3v) is 6.13. The van der Waals surface area contributed by atoms with Gasteiger partial charge in [-0.3, -0.25) is 14.4 Å². The number of Topliss-reactive ketones (excluding diaryl/α,β-unsaturated/α-hetero) is 1. The second-order valence-corrected chi connectivity index (χ2v) is 9.73. The Morgan fingerprint density at radius 1 is 1.25 bits per heavy atom. The number of allylic oxidation sites excluding steroid dienone is 1. The maximum Gasteiger partial charge on any atom is 0.312 e. The van der Waals surface area contributed by atoms with Crippen LogP contribution in [0.15, 0.2) is 12.7 Å². The minimum absolute atomic E-state index is 0.111. The molecule has 1 aliphatic rings. The lowest BCUT2D eigenvalue weighted by atomic mass is 9.87. The van der Waals surface area contributed by atoms with Crippen LogP contribution in [0.2, 0.25) is 0 Å². The molecule has 0 N–H and O–H groups in total. The molecular formula is C26H44O6.